The fourth-order valence-electron chi connectivity index (χ4n) is 3.47. The molecule has 0 saturated carbocycles. The van der Waals surface area contributed by atoms with Crippen molar-refractivity contribution in [2.45, 2.75) is 25.5 Å². The van der Waals surface area contributed by atoms with Gasteiger partial charge < -0.3 is 14.8 Å². The van der Waals surface area contributed by atoms with Gasteiger partial charge in [0.25, 0.3) is 5.91 Å². The number of nitrogens with one attached hydrogen (secondary N) is 1. The largest absolute Gasteiger partial charge is 0.494 e. The number of carbonyl (C=O) groups excluding carboxylic acids is 1. The van der Waals surface area contributed by atoms with Gasteiger partial charge >= 0.3 is 0 Å². The Hall–Kier alpha value is -2.42. The van der Waals surface area contributed by atoms with Crippen LogP contribution in [0.15, 0.2) is 48.5 Å². The summed E-state index contributed by atoms with van der Waals surface area (Å²) < 4.78 is 37.3. The Labute approximate surface area is 184 Å². The molecule has 0 aliphatic carbocycles. The first kappa shape index (κ1) is 23.2. The molecule has 1 N–H and O–H groups in total. The average Bonchev–Trinajstić information content (AvgIpc) is 2.78. The predicted molar refractivity (Wildman–Crippen MR) is 120 cm³/mol. The molecule has 1 fully saturated rings. The van der Waals surface area contributed by atoms with Crippen molar-refractivity contribution in [1.82, 2.24) is 9.62 Å². The van der Waals surface area contributed by atoms with Crippen LogP contribution in [0.1, 0.15) is 34.8 Å². The topological polar surface area (TPSA) is 84.9 Å². The van der Waals surface area contributed by atoms with Crippen molar-refractivity contribution in [1.29, 1.82) is 0 Å². The number of sulfonamides is 1. The van der Waals surface area contributed by atoms with Crippen LogP contribution in [0.2, 0.25) is 0 Å². The highest BCUT2D eigenvalue weighted by Crippen LogP contribution is 2.19. The van der Waals surface area contributed by atoms with E-state index in [-0.39, 0.29) is 11.7 Å². The predicted octanol–water partition coefficient (Wildman–Crippen LogP) is 2.61. The maximum atomic E-state index is 12.5. The standard InChI is InChI=1S/C23H30N2O5S/c1-2-30-22-8-4-3-6-20(22)7-5-13-24-23(26)21-11-9-19(10-12-21)18-31(27,28)25-14-16-29-17-15-25/h3-4,6,8-12H,2,5,7,13-18H2,1H3,(H,24,26). The molecule has 1 heterocycles. The molecule has 1 aliphatic rings. The summed E-state index contributed by atoms with van der Waals surface area (Å²) in [5, 5.41) is 2.92. The Morgan fingerprint density at radius 3 is 2.52 bits per heavy atom. The number of aryl methyl sites for hydroxylation is 1. The van der Waals surface area contributed by atoms with Gasteiger partial charge in [0.1, 0.15) is 5.75 Å². The Bertz CT molecular complexity index is 954. The number of nitrogens with zero attached hydrogens (tertiary/aromatic N) is 1. The summed E-state index contributed by atoms with van der Waals surface area (Å²) in [4.78, 5) is 12.4. The summed E-state index contributed by atoms with van der Waals surface area (Å²) in [7, 11) is -3.38. The maximum absolute atomic E-state index is 12.5. The highest BCUT2D eigenvalue weighted by Gasteiger charge is 2.24. The van der Waals surface area contributed by atoms with Crippen LogP contribution in [0.25, 0.3) is 0 Å². The number of para-hydroxylation sites is 1. The monoisotopic (exact) mass is 446 g/mol. The van der Waals surface area contributed by atoms with Crippen LogP contribution in [-0.4, -0.2) is 58.1 Å². The molecule has 7 nitrogen and oxygen atoms in total. The summed E-state index contributed by atoms with van der Waals surface area (Å²) in [5.74, 6) is 0.647. The van der Waals surface area contributed by atoms with Crippen molar-refractivity contribution in [2.24, 2.45) is 0 Å². The number of ether oxygens (including phenoxy) is 2. The van der Waals surface area contributed by atoms with E-state index in [1.807, 2.05) is 31.2 Å². The van der Waals surface area contributed by atoms with Crippen LogP contribution in [0.3, 0.4) is 0 Å². The molecule has 168 valence electrons. The smallest absolute Gasteiger partial charge is 0.251 e. The van der Waals surface area contributed by atoms with Crippen LogP contribution in [-0.2, 0) is 26.9 Å². The molecule has 3 rings (SSSR count). The van der Waals surface area contributed by atoms with E-state index in [9.17, 15) is 13.2 Å². The van der Waals surface area contributed by atoms with Gasteiger partial charge in [0.2, 0.25) is 10.0 Å². The number of morpholine rings is 1. The van der Waals surface area contributed by atoms with Gasteiger partial charge in [-0.15, -0.1) is 0 Å². The maximum Gasteiger partial charge on any atom is 0.251 e. The van der Waals surface area contributed by atoms with E-state index in [2.05, 4.69) is 5.32 Å². The third-order valence-corrected chi connectivity index (χ3v) is 6.96. The fraction of sp³-hybridized carbons (Fsp3) is 0.435. The third kappa shape index (κ3) is 6.78. The van der Waals surface area contributed by atoms with Crippen LogP contribution in [0.4, 0.5) is 0 Å². The molecule has 0 radical (unpaired) electrons. The normalized spacial score (nSPS) is 14.9. The van der Waals surface area contributed by atoms with Gasteiger partial charge in [-0.1, -0.05) is 30.3 Å². The van der Waals surface area contributed by atoms with Crippen molar-refractivity contribution in [3.8, 4) is 5.75 Å². The van der Waals surface area contributed by atoms with Crippen LogP contribution in [0.5, 0.6) is 5.75 Å². The molecular weight excluding hydrogens is 416 g/mol. The fourth-order valence-corrected chi connectivity index (χ4v) is 4.97. The molecule has 1 saturated heterocycles. The number of rotatable bonds is 10. The summed E-state index contributed by atoms with van der Waals surface area (Å²) >= 11 is 0. The molecule has 31 heavy (non-hydrogen) atoms. The molecule has 0 atom stereocenters. The number of hydrogen-bond donors (Lipinski definition) is 1. The molecular formula is C23H30N2O5S. The van der Waals surface area contributed by atoms with Crippen molar-refractivity contribution >= 4 is 15.9 Å². The first-order valence-corrected chi connectivity index (χ1v) is 12.2. The molecule has 1 aliphatic heterocycles. The van der Waals surface area contributed by atoms with Gasteiger partial charge in [-0.2, -0.15) is 4.31 Å². The first-order chi connectivity index (χ1) is 15.0. The van der Waals surface area contributed by atoms with Gasteiger partial charge in [0, 0.05) is 25.2 Å². The third-order valence-electron chi connectivity index (χ3n) is 5.11. The average molecular weight is 447 g/mol. The van der Waals surface area contributed by atoms with Crippen molar-refractivity contribution in [2.75, 3.05) is 39.5 Å². The van der Waals surface area contributed by atoms with Crippen LogP contribution in [0, 0.1) is 0 Å². The second-order valence-electron chi connectivity index (χ2n) is 7.36. The van der Waals surface area contributed by atoms with Crippen molar-refractivity contribution in [3.05, 3.63) is 65.2 Å². The van der Waals surface area contributed by atoms with Gasteiger partial charge in [-0.25, -0.2) is 8.42 Å². The van der Waals surface area contributed by atoms with E-state index in [1.165, 1.54) is 4.31 Å². The SMILES string of the molecule is CCOc1ccccc1CCCNC(=O)c1ccc(CS(=O)(=O)N2CCOCC2)cc1. The molecule has 2 aromatic carbocycles. The minimum absolute atomic E-state index is 0.0753. The van der Waals surface area contributed by atoms with Gasteiger partial charge in [0.05, 0.1) is 25.6 Å². The highest BCUT2D eigenvalue weighted by molar-refractivity contribution is 7.88. The lowest BCUT2D eigenvalue weighted by molar-refractivity contribution is 0.0729. The minimum atomic E-state index is -3.38. The van der Waals surface area contributed by atoms with E-state index in [0.29, 0.717) is 50.6 Å². The number of carbonyl (C=O) groups is 1. The summed E-state index contributed by atoms with van der Waals surface area (Å²) in [6, 6.07) is 14.7. The molecule has 0 spiro atoms. The number of benzene rings is 2. The van der Waals surface area contributed by atoms with Crippen LogP contribution < -0.4 is 10.1 Å². The van der Waals surface area contributed by atoms with Crippen LogP contribution >= 0.6 is 0 Å². The summed E-state index contributed by atoms with van der Waals surface area (Å²) in [6.45, 7) is 4.76. The lowest BCUT2D eigenvalue weighted by atomic mass is 10.1. The molecule has 0 unspecified atom stereocenters. The zero-order chi connectivity index (χ0) is 22.1. The van der Waals surface area contributed by atoms with Gasteiger partial charge in [0.15, 0.2) is 0 Å². The second kappa shape index (κ2) is 11.3. The highest BCUT2D eigenvalue weighted by atomic mass is 32.2. The lowest BCUT2D eigenvalue weighted by Crippen LogP contribution is -2.41. The van der Waals surface area contributed by atoms with E-state index in [4.69, 9.17) is 9.47 Å². The van der Waals surface area contributed by atoms with E-state index >= 15 is 0 Å². The second-order valence-corrected chi connectivity index (χ2v) is 9.33. The Balaban J connectivity index is 1.47. The number of amides is 1. The molecule has 8 heteroatoms. The quantitative estimate of drug-likeness (QED) is 0.567. The first-order valence-electron chi connectivity index (χ1n) is 10.6. The van der Waals surface area contributed by atoms with Crippen molar-refractivity contribution in [3.63, 3.8) is 0 Å². The zero-order valence-corrected chi connectivity index (χ0v) is 18.7. The number of hydrogen-bond acceptors (Lipinski definition) is 5. The van der Waals surface area contributed by atoms with Gasteiger partial charge in [-0.3, -0.25) is 4.79 Å². The van der Waals surface area contributed by atoms with Crippen molar-refractivity contribution < 1.29 is 22.7 Å². The summed E-state index contributed by atoms with van der Waals surface area (Å²) in [6.07, 6.45) is 1.61. The minimum Gasteiger partial charge on any atom is -0.494 e. The molecule has 0 bridgehead atoms. The van der Waals surface area contributed by atoms with E-state index < -0.39 is 10.0 Å². The van der Waals surface area contributed by atoms with Gasteiger partial charge in [-0.05, 0) is 49.1 Å². The Morgan fingerprint density at radius 1 is 1.10 bits per heavy atom. The Morgan fingerprint density at radius 2 is 1.81 bits per heavy atom. The van der Waals surface area contributed by atoms with E-state index in [0.717, 1.165) is 24.2 Å². The van der Waals surface area contributed by atoms with E-state index in [1.54, 1.807) is 24.3 Å². The molecule has 1 amide bonds. The zero-order valence-electron chi connectivity index (χ0n) is 17.9. The molecule has 0 aromatic heterocycles. The summed E-state index contributed by atoms with van der Waals surface area (Å²) in [5.41, 5.74) is 2.31. The Kier molecular flexibility index (Phi) is 8.45. The lowest BCUT2D eigenvalue weighted by Gasteiger charge is -2.26. The molecule has 2 aromatic rings.